The lowest BCUT2D eigenvalue weighted by Gasteiger charge is -2.49. The number of hydrogen-bond acceptors (Lipinski definition) is 5. The second-order valence-electron chi connectivity index (χ2n) is 8.32. The standard InChI is InChI=1S/C19H28N4O4/c24-17(14-10-21-23(12-14)16-2-1-5-20-11-16)22-6-3-15(4-7-22)19(27)8-13(9-19)18(25)26/h10,12-13,15-16,20,27H,1-9,11H2,(H,25,26). The minimum Gasteiger partial charge on any atom is -0.481 e. The van der Waals surface area contributed by atoms with Crippen molar-refractivity contribution >= 4 is 11.9 Å². The summed E-state index contributed by atoms with van der Waals surface area (Å²) in [6.07, 6.45) is 7.80. The fourth-order valence-corrected chi connectivity index (χ4v) is 4.81. The van der Waals surface area contributed by atoms with E-state index in [2.05, 4.69) is 10.4 Å². The number of aliphatic hydroxyl groups is 1. The molecule has 3 fully saturated rings. The minimum atomic E-state index is -0.864. The fraction of sp³-hybridized carbons (Fsp3) is 0.737. The van der Waals surface area contributed by atoms with Gasteiger partial charge >= 0.3 is 5.97 Å². The van der Waals surface area contributed by atoms with Crippen molar-refractivity contribution in [2.45, 2.75) is 50.2 Å². The molecule has 2 aliphatic heterocycles. The van der Waals surface area contributed by atoms with Gasteiger partial charge in [-0.3, -0.25) is 14.3 Å². The Balaban J connectivity index is 1.31. The molecular formula is C19H28N4O4. The number of carboxylic acid groups (broad SMARTS) is 1. The van der Waals surface area contributed by atoms with E-state index in [9.17, 15) is 14.7 Å². The third kappa shape index (κ3) is 3.60. The maximum Gasteiger partial charge on any atom is 0.306 e. The van der Waals surface area contributed by atoms with Gasteiger partial charge in [0.25, 0.3) is 5.91 Å². The molecule has 0 bridgehead atoms. The average molecular weight is 376 g/mol. The smallest absolute Gasteiger partial charge is 0.306 e. The Labute approximate surface area is 158 Å². The summed E-state index contributed by atoms with van der Waals surface area (Å²) in [7, 11) is 0. The first-order chi connectivity index (χ1) is 13.0. The number of amides is 1. The van der Waals surface area contributed by atoms with Crippen molar-refractivity contribution in [2.75, 3.05) is 26.2 Å². The number of carbonyl (C=O) groups excluding carboxylic acids is 1. The zero-order valence-corrected chi connectivity index (χ0v) is 15.5. The quantitative estimate of drug-likeness (QED) is 0.720. The monoisotopic (exact) mass is 376 g/mol. The molecule has 148 valence electrons. The van der Waals surface area contributed by atoms with Gasteiger partial charge < -0.3 is 20.4 Å². The number of likely N-dealkylation sites (tertiary alicyclic amines) is 1. The molecule has 27 heavy (non-hydrogen) atoms. The second-order valence-corrected chi connectivity index (χ2v) is 8.32. The van der Waals surface area contributed by atoms with Crippen LogP contribution in [0.5, 0.6) is 0 Å². The van der Waals surface area contributed by atoms with Gasteiger partial charge in [0.05, 0.1) is 29.3 Å². The molecule has 4 rings (SSSR count). The highest BCUT2D eigenvalue weighted by atomic mass is 16.4. The van der Waals surface area contributed by atoms with Gasteiger partial charge in [-0.05, 0) is 51.0 Å². The van der Waals surface area contributed by atoms with Crippen molar-refractivity contribution in [1.82, 2.24) is 20.0 Å². The number of carbonyl (C=O) groups is 2. The van der Waals surface area contributed by atoms with E-state index >= 15 is 0 Å². The molecule has 1 aromatic rings. The van der Waals surface area contributed by atoms with E-state index in [4.69, 9.17) is 5.11 Å². The van der Waals surface area contributed by atoms with Crippen molar-refractivity contribution < 1.29 is 19.8 Å². The van der Waals surface area contributed by atoms with E-state index in [1.807, 2.05) is 15.8 Å². The molecule has 0 aromatic carbocycles. The third-order valence-corrected chi connectivity index (χ3v) is 6.58. The van der Waals surface area contributed by atoms with E-state index in [0.717, 1.165) is 38.8 Å². The van der Waals surface area contributed by atoms with Crippen LogP contribution in [-0.2, 0) is 4.79 Å². The number of aliphatic carboxylic acids is 1. The number of piperidine rings is 2. The Morgan fingerprint density at radius 1 is 1.22 bits per heavy atom. The normalized spacial score (nSPS) is 32.1. The van der Waals surface area contributed by atoms with Gasteiger partial charge in [-0.2, -0.15) is 5.10 Å². The number of nitrogens with one attached hydrogen (secondary N) is 1. The maximum atomic E-state index is 12.8. The zero-order valence-electron chi connectivity index (χ0n) is 15.5. The van der Waals surface area contributed by atoms with Crippen LogP contribution in [0, 0.1) is 11.8 Å². The average Bonchev–Trinajstić information content (AvgIpc) is 3.16. The predicted octanol–water partition coefficient (Wildman–Crippen LogP) is 0.885. The van der Waals surface area contributed by atoms with Gasteiger partial charge in [0.2, 0.25) is 0 Å². The van der Waals surface area contributed by atoms with Gasteiger partial charge in [-0.25, -0.2) is 0 Å². The molecule has 0 spiro atoms. The third-order valence-electron chi connectivity index (χ3n) is 6.58. The van der Waals surface area contributed by atoms with Gasteiger partial charge in [0.1, 0.15) is 0 Å². The Bertz CT molecular complexity index is 698. The van der Waals surface area contributed by atoms with E-state index in [1.165, 1.54) is 0 Å². The van der Waals surface area contributed by atoms with Crippen LogP contribution in [0.25, 0.3) is 0 Å². The molecule has 0 radical (unpaired) electrons. The van der Waals surface area contributed by atoms with E-state index in [-0.39, 0.29) is 11.8 Å². The number of carboxylic acids is 1. The molecule has 3 heterocycles. The first-order valence-corrected chi connectivity index (χ1v) is 9.95. The molecule has 1 amide bonds. The lowest BCUT2D eigenvalue weighted by atomic mass is 9.62. The molecule has 2 saturated heterocycles. The summed E-state index contributed by atoms with van der Waals surface area (Å²) in [6, 6.07) is 0.307. The minimum absolute atomic E-state index is 0.00696. The van der Waals surface area contributed by atoms with Crippen LogP contribution < -0.4 is 5.32 Å². The largest absolute Gasteiger partial charge is 0.481 e. The molecule has 1 atom stereocenters. The molecule has 8 nitrogen and oxygen atoms in total. The van der Waals surface area contributed by atoms with Gasteiger partial charge in [0.15, 0.2) is 0 Å². The van der Waals surface area contributed by atoms with E-state index in [1.54, 1.807) is 6.20 Å². The topological polar surface area (TPSA) is 108 Å². The number of nitrogens with zero attached hydrogens (tertiary/aromatic N) is 3. The zero-order chi connectivity index (χ0) is 19.0. The molecule has 1 aliphatic carbocycles. The molecule has 1 unspecified atom stereocenters. The summed E-state index contributed by atoms with van der Waals surface area (Å²) in [5.41, 5.74) is -0.246. The molecular weight excluding hydrogens is 348 g/mol. The molecule has 8 heteroatoms. The Morgan fingerprint density at radius 2 is 1.96 bits per heavy atom. The number of rotatable bonds is 4. The fourth-order valence-electron chi connectivity index (χ4n) is 4.81. The van der Waals surface area contributed by atoms with Crippen molar-refractivity contribution in [3.05, 3.63) is 18.0 Å². The first-order valence-electron chi connectivity index (χ1n) is 9.95. The lowest BCUT2D eigenvalue weighted by Crippen LogP contribution is -2.55. The Hall–Kier alpha value is -1.93. The summed E-state index contributed by atoms with van der Waals surface area (Å²) >= 11 is 0. The van der Waals surface area contributed by atoms with Crippen molar-refractivity contribution in [3.8, 4) is 0 Å². The second kappa shape index (κ2) is 7.24. The molecule has 1 saturated carbocycles. The summed E-state index contributed by atoms with van der Waals surface area (Å²) < 4.78 is 1.90. The Morgan fingerprint density at radius 3 is 2.59 bits per heavy atom. The SMILES string of the molecule is O=C(O)C1CC(O)(C2CCN(C(=O)c3cnn(C4CCCNC4)c3)CC2)C1. The highest BCUT2D eigenvalue weighted by molar-refractivity contribution is 5.93. The summed E-state index contributed by atoms with van der Waals surface area (Å²) in [4.78, 5) is 25.6. The predicted molar refractivity (Wildman–Crippen MR) is 97.3 cm³/mol. The van der Waals surface area contributed by atoms with Crippen LogP contribution in [0.15, 0.2) is 12.4 Å². The molecule has 3 aliphatic rings. The first kappa shape index (κ1) is 18.4. The van der Waals surface area contributed by atoms with E-state index in [0.29, 0.717) is 37.5 Å². The van der Waals surface area contributed by atoms with Gasteiger partial charge in [0, 0.05) is 25.8 Å². The van der Waals surface area contributed by atoms with Crippen LogP contribution in [-0.4, -0.2) is 68.6 Å². The number of hydrogen-bond donors (Lipinski definition) is 3. The summed E-state index contributed by atoms with van der Waals surface area (Å²) in [5.74, 6) is -1.17. The molecule has 1 aromatic heterocycles. The van der Waals surface area contributed by atoms with Crippen molar-refractivity contribution in [3.63, 3.8) is 0 Å². The number of aromatic nitrogens is 2. The Kier molecular flexibility index (Phi) is 4.94. The highest BCUT2D eigenvalue weighted by Crippen LogP contribution is 2.46. The van der Waals surface area contributed by atoms with E-state index < -0.39 is 17.5 Å². The van der Waals surface area contributed by atoms with Crippen LogP contribution in [0.3, 0.4) is 0 Å². The highest BCUT2D eigenvalue weighted by Gasteiger charge is 2.51. The molecule has 3 N–H and O–H groups in total. The van der Waals surface area contributed by atoms with Crippen LogP contribution in [0.2, 0.25) is 0 Å². The van der Waals surface area contributed by atoms with Crippen LogP contribution in [0.1, 0.15) is 54.9 Å². The van der Waals surface area contributed by atoms with Gasteiger partial charge in [-0.15, -0.1) is 0 Å². The van der Waals surface area contributed by atoms with Crippen molar-refractivity contribution in [1.29, 1.82) is 0 Å². The van der Waals surface area contributed by atoms with Crippen LogP contribution >= 0.6 is 0 Å². The van der Waals surface area contributed by atoms with Crippen LogP contribution in [0.4, 0.5) is 0 Å². The summed E-state index contributed by atoms with van der Waals surface area (Å²) in [5, 5.41) is 27.4. The van der Waals surface area contributed by atoms with Crippen molar-refractivity contribution in [2.24, 2.45) is 11.8 Å². The lowest BCUT2D eigenvalue weighted by molar-refractivity contribution is -0.169. The maximum absolute atomic E-state index is 12.8. The van der Waals surface area contributed by atoms with Gasteiger partial charge in [-0.1, -0.05) is 0 Å². The summed E-state index contributed by atoms with van der Waals surface area (Å²) in [6.45, 7) is 3.12.